The van der Waals surface area contributed by atoms with Gasteiger partial charge in [-0.05, 0) is 52.8 Å². The molecule has 0 bridgehead atoms. The number of ether oxygens (including phenoxy) is 1. The monoisotopic (exact) mass is 413 g/mol. The number of carbonyl (C=O) groups is 1. The Labute approximate surface area is 175 Å². The molecule has 0 unspecified atom stereocenters. The number of carbonyl (C=O) groups excluding carboxylic acids is 1. The Morgan fingerprint density at radius 2 is 1.83 bits per heavy atom. The van der Waals surface area contributed by atoms with E-state index in [-0.39, 0.29) is 17.6 Å². The first-order valence-corrected chi connectivity index (χ1v) is 10.5. The number of methoxy groups -OCH3 is 1. The van der Waals surface area contributed by atoms with Crippen LogP contribution in [0.3, 0.4) is 0 Å². The third kappa shape index (κ3) is 4.79. The molecule has 0 saturated heterocycles. The first-order chi connectivity index (χ1) is 13.8. The van der Waals surface area contributed by atoms with Crippen LogP contribution in [0.1, 0.15) is 45.8 Å². The van der Waals surface area contributed by atoms with Crippen molar-refractivity contribution in [2.24, 2.45) is 0 Å². The predicted molar refractivity (Wildman–Crippen MR) is 115 cm³/mol. The Hall–Kier alpha value is -2.38. The highest BCUT2D eigenvalue weighted by molar-refractivity contribution is 7.99. The second kappa shape index (κ2) is 8.97. The van der Waals surface area contributed by atoms with Crippen molar-refractivity contribution in [1.82, 2.24) is 14.8 Å². The molecular weight excluding hydrogens is 386 g/mol. The molecule has 0 aliphatic rings. The number of rotatable bonds is 8. The zero-order chi connectivity index (χ0) is 21.1. The summed E-state index contributed by atoms with van der Waals surface area (Å²) in [4.78, 5) is 12.8. The molecule has 0 aliphatic carbocycles. The third-order valence-corrected chi connectivity index (χ3v) is 5.65. The zero-order valence-corrected chi connectivity index (χ0v) is 18.6. The van der Waals surface area contributed by atoms with Gasteiger partial charge in [0.25, 0.3) is 5.22 Å². The summed E-state index contributed by atoms with van der Waals surface area (Å²) >= 11 is 1.27. The van der Waals surface area contributed by atoms with E-state index in [0.29, 0.717) is 17.7 Å². The highest BCUT2D eigenvalue weighted by Crippen LogP contribution is 2.27. The van der Waals surface area contributed by atoms with Gasteiger partial charge in [0.05, 0.1) is 18.4 Å². The number of ketones is 1. The molecule has 0 N–H and O–H groups in total. The Balaban J connectivity index is 1.70. The molecule has 2 aromatic heterocycles. The molecule has 7 heteroatoms. The van der Waals surface area contributed by atoms with Gasteiger partial charge in [0.1, 0.15) is 0 Å². The predicted octanol–water partition coefficient (Wildman–Crippen LogP) is 4.95. The van der Waals surface area contributed by atoms with Crippen LogP contribution in [0.2, 0.25) is 0 Å². The Kier molecular flexibility index (Phi) is 6.59. The van der Waals surface area contributed by atoms with Gasteiger partial charge in [-0.15, -0.1) is 10.2 Å². The van der Waals surface area contributed by atoms with Crippen LogP contribution >= 0.6 is 11.8 Å². The van der Waals surface area contributed by atoms with Crippen LogP contribution in [0.15, 0.2) is 33.9 Å². The maximum absolute atomic E-state index is 12.8. The van der Waals surface area contributed by atoms with E-state index in [1.807, 2.05) is 45.9 Å². The molecule has 3 rings (SSSR count). The van der Waals surface area contributed by atoms with Gasteiger partial charge >= 0.3 is 0 Å². The van der Waals surface area contributed by atoms with Crippen LogP contribution in [0, 0.1) is 27.7 Å². The van der Waals surface area contributed by atoms with Gasteiger partial charge in [0.2, 0.25) is 5.89 Å². The van der Waals surface area contributed by atoms with Crippen molar-refractivity contribution >= 4 is 17.5 Å². The molecule has 0 spiro atoms. The second-order valence-corrected chi connectivity index (χ2v) is 8.35. The minimum atomic E-state index is 0.0464. The molecule has 1 atom stereocenters. The molecule has 0 saturated carbocycles. The third-order valence-electron chi connectivity index (χ3n) is 4.84. The van der Waals surface area contributed by atoms with Gasteiger partial charge in [0.15, 0.2) is 5.78 Å². The van der Waals surface area contributed by atoms with Gasteiger partial charge in [0, 0.05) is 29.6 Å². The van der Waals surface area contributed by atoms with Crippen molar-refractivity contribution in [3.8, 4) is 11.5 Å². The number of nitrogens with zero attached hydrogens (tertiary/aromatic N) is 3. The molecule has 6 nitrogen and oxygen atoms in total. The molecule has 154 valence electrons. The van der Waals surface area contributed by atoms with Crippen LogP contribution in [0.4, 0.5) is 0 Å². The van der Waals surface area contributed by atoms with E-state index in [4.69, 9.17) is 9.15 Å². The van der Waals surface area contributed by atoms with Gasteiger partial charge in [-0.3, -0.25) is 4.79 Å². The standard InChI is InChI=1S/C22H27N3O3S/c1-13-7-14(2)9-18(8-13)21-23-24-22(28-21)29-12-20(26)19-10-15(3)25(17(19)5)16(4)11-27-6/h7-10,16H,11-12H2,1-6H3/t16-/m1/s1. The van der Waals surface area contributed by atoms with Crippen molar-refractivity contribution in [3.63, 3.8) is 0 Å². The molecule has 0 aliphatic heterocycles. The highest BCUT2D eigenvalue weighted by Gasteiger charge is 2.20. The molecule has 1 aromatic carbocycles. The summed E-state index contributed by atoms with van der Waals surface area (Å²) in [5, 5.41) is 8.62. The quantitative estimate of drug-likeness (QED) is 0.384. The van der Waals surface area contributed by atoms with E-state index in [1.54, 1.807) is 7.11 Å². The fourth-order valence-corrected chi connectivity index (χ4v) is 4.39. The number of aryl methyl sites for hydroxylation is 3. The SMILES string of the molecule is COC[C@@H](C)n1c(C)cc(C(=O)CSc2nnc(-c3cc(C)cc(C)c3)o2)c1C. The molecule has 3 aromatic rings. The van der Waals surface area contributed by atoms with E-state index < -0.39 is 0 Å². The summed E-state index contributed by atoms with van der Waals surface area (Å²) in [7, 11) is 1.68. The maximum atomic E-state index is 12.8. The minimum Gasteiger partial charge on any atom is -0.411 e. The summed E-state index contributed by atoms with van der Waals surface area (Å²) in [6, 6.07) is 8.23. The van der Waals surface area contributed by atoms with Crippen LogP contribution < -0.4 is 0 Å². The fraction of sp³-hybridized carbons (Fsp3) is 0.409. The molecule has 0 fully saturated rings. The van der Waals surface area contributed by atoms with Crippen molar-refractivity contribution in [1.29, 1.82) is 0 Å². The lowest BCUT2D eigenvalue weighted by Crippen LogP contribution is -2.14. The highest BCUT2D eigenvalue weighted by atomic mass is 32.2. The van der Waals surface area contributed by atoms with Crippen molar-refractivity contribution < 1.29 is 13.9 Å². The smallest absolute Gasteiger partial charge is 0.277 e. The Bertz CT molecular complexity index is 1000. The van der Waals surface area contributed by atoms with Crippen LogP contribution in [-0.4, -0.2) is 40.0 Å². The lowest BCUT2D eigenvalue weighted by molar-refractivity contribution is 0.102. The van der Waals surface area contributed by atoms with Gasteiger partial charge < -0.3 is 13.7 Å². The van der Waals surface area contributed by atoms with Crippen molar-refractivity contribution in [2.45, 2.75) is 45.9 Å². The number of aromatic nitrogens is 3. The minimum absolute atomic E-state index is 0.0464. The summed E-state index contributed by atoms with van der Waals surface area (Å²) in [5.41, 5.74) is 5.91. The van der Waals surface area contributed by atoms with E-state index in [9.17, 15) is 4.79 Å². The Morgan fingerprint density at radius 3 is 2.48 bits per heavy atom. The molecule has 0 amide bonds. The number of hydrogen-bond acceptors (Lipinski definition) is 6. The maximum Gasteiger partial charge on any atom is 0.277 e. The summed E-state index contributed by atoms with van der Waals surface area (Å²) in [5.74, 6) is 0.765. The Morgan fingerprint density at radius 1 is 1.14 bits per heavy atom. The second-order valence-electron chi connectivity index (χ2n) is 7.42. The molecule has 0 radical (unpaired) electrons. The lowest BCUT2D eigenvalue weighted by atomic mass is 10.1. The van der Waals surface area contributed by atoms with E-state index in [1.165, 1.54) is 11.8 Å². The fourth-order valence-electron chi connectivity index (χ4n) is 3.74. The average molecular weight is 414 g/mol. The summed E-state index contributed by atoms with van der Waals surface area (Å²) in [6.07, 6.45) is 0. The number of thioether (sulfide) groups is 1. The topological polar surface area (TPSA) is 70.2 Å². The summed E-state index contributed by atoms with van der Waals surface area (Å²) < 4.78 is 13.2. The van der Waals surface area contributed by atoms with Gasteiger partial charge in [-0.1, -0.05) is 29.0 Å². The first kappa shape index (κ1) is 21.3. The largest absolute Gasteiger partial charge is 0.411 e. The van der Waals surface area contributed by atoms with Crippen LogP contribution in [0.25, 0.3) is 11.5 Å². The molecule has 29 heavy (non-hydrogen) atoms. The van der Waals surface area contributed by atoms with E-state index >= 15 is 0 Å². The normalized spacial score (nSPS) is 12.3. The average Bonchev–Trinajstić information content (AvgIpc) is 3.23. The zero-order valence-electron chi connectivity index (χ0n) is 17.8. The van der Waals surface area contributed by atoms with Gasteiger partial charge in [-0.2, -0.15) is 0 Å². The van der Waals surface area contributed by atoms with Crippen molar-refractivity contribution in [3.05, 3.63) is 52.3 Å². The molecular formula is C22H27N3O3S. The van der Waals surface area contributed by atoms with Crippen LogP contribution in [-0.2, 0) is 4.74 Å². The van der Waals surface area contributed by atoms with Crippen LogP contribution in [0.5, 0.6) is 0 Å². The molecule has 2 heterocycles. The first-order valence-electron chi connectivity index (χ1n) is 9.55. The van der Waals surface area contributed by atoms with E-state index in [0.717, 1.165) is 33.6 Å². The van der Waals surface area contributed by atoms with E-state index in [2.05, 4.69) is 27.8 Å². The van der Waals surface area contributed by atoms with Crippen molar-refractivity contribution in [2.75, 3.05) is 19.5 Å². The van der Waals surface area contributed by atoms with Gasteiger partial charge in [-0.25, -0.2) is 0 Å². The number of Topliss-reactive ketones (excluding diaryl/α,β-unsaturated/α-hetero) is 1. The summed E-state index contributed by atoms with van der Waals surface area (Å²) in [6.45, 7) is 10.7. The number of benzene rings is 1. The number of hydrogen-bond donors (Lipinski definition) is 0. The lowest BCUT2D eigenvalue weighted by Gasteiger charge is -2.17.